The Hall–Kier alpha value is -1.04. The summed E-state index contributed by atoms with van der Waals surface area (Å²) in [5.74, 6) is -0.783. The van der Waals surface area contributed by atoms with E-state index in [0.717, 1.165) is 18.2 Å². The van der Waals surface area contributed by atoms with Crippen molar-refractivity contribution in [2.75, 3.05) is 13.2 Å². The molecule has 0 unspecified atom stereocenters. The van der Waals surface area contributed by atoms with E-state index < -0.39 is 17.7 Å². The van der Waals surface area contributed by atoms with Crippen molar-refractivity contribution in [2.24, 2.45) is 17.4 Å². The molecule has 4 N–H and O–H groups in total. The maximum absolute atomic E-state index is 13.6. The summed E-state index contributed by atoms with van der Waals surface area (Å²) in [4.78, 5) is 0. The minimum atomic E-state index is -0.589. The van der Waals surface area contributed by atoms with Crippen molar-refractivity contribution >= 4 is 0 Å². The van der Waals surface area contributed by atoms with E-state index in [2.05, 4.69) is 0 Å². The fourth-order valence-corrected chi connectivity index (χ4v) is 2.16. The molecule has 3 nitrogen and oxygen atoms in total. The topological polar surface area (TPSA) is 61.3 Å². The zero-order valence-electron chi connectivity index (χ0n) is 9.40. The number of ether oxygens (including phenoxy) is 1. The number of halogens is 2. The van der Waals surface area contributed by atoms with Gasteiger partial charge in [-0.15, -0.1) is 0 Å². The maximum atomic E-state index is 13.6. The molecule has 1 aromatic rings. The first-order valence-electron chi connectivity index (χ1n) is 5.64. The van der Waals surface area contributed by atoms with Crippen LogP contribution in [0.3, 0.4) is 0 Å². The average molecular weight is 242 g/mol. The van der Waals surface area contributed by atoms with Crippen molar-refractivity contribution in [1.82, 2.24) is 0 Å². The molecule has 0 amide bonds. The van der Waals surface area contributed by atoms with Gasteiger partial charge in [-0.25, -0.2) is 8.78 Å². The molecule has 0 saturated carbocycles. The molecule has 1 aliphatic rings. The van der Waals surface area contributed by atoms with Gasteiger partial charge in [-0.3, -0.25) is 0 Å². The van der Waals surface area contributed by atoms with Crippen LogP contribution < -0.4 is 11.5 Å². The van der Waals surface area contributed by atoms with Gasteiger partial charge in [0.2, 0.25) is 0 Å². The Morgan fingerprint density at radius 1 is 1.35 bits per heavy atom. The first-order valence-corrected chi connectivity index (χ1v) is 5.64. The highest BCUT2D eigenvalue weighted by molar-refractivity contribution is 5.23. The normalized spacial score (nSPS) is 29.3. The summed E-state index contributed by atoms with van der Waals surface area (Å²) < 4.78 is 32.2. The second-order valence-corrected chi connectivity index (χ2v) is 4.42. The SMILES string of the molecule is NC[C@H]1CO[C@H](c2cc(F)ccc2F)[C@@H](N)C1. The third kappa shape index (κ3) is 2.62. The summed E-state index contributed by atoms with van der Waals surface area (Å²) in [6.07, 6.45) is 0.0745. The molecule has 0 aromatic heterocycles. The van der Waals surface area contributed by atoms with Gasteiger partial charge < -0.3 is 16.2 Å². The molecule has 1 fully saturated rings. The summed E-state index contributed by atoms with van der Waals surface area (Å²) in [5, 5.41) is 0. The molecular weight excluding hydrogens is 226 g/mol. The van der Waals surface area contributed by atoms with Crippen LogP contribution in [0, 0.1) is 17.6 Å². The molecule has 1 heterocycles. The third-order valence-electron chi connectivity index (χ3n) is 3.10. The lowest BCUT2D eigenvalue weighted by molar-refractivity contribution is -0.0307. The lowest BCUT2D eigenvalue weighted by Crippen LogP contribution is -2.41. The van der Waals surface area contributed by atoms with Gasteiger partial charge >= 0.3 is 0 Å². The number of hydrogen-bond acceptors (Lipinski definition) is 3. The quantitative estimate of drug-likeness (QED) is 0.822. The average Bonchev–Trinajstić information content (AvgIpc) is 2.32. The van der Waals surface area contributed by atoms with E-state index in [1.807, 2.05) is 0 Å². The Balaban J connectivity index is 2.20. The summed E-state index contributed by atoms with van der Waals surface area (Å²) in [7, 11) is 0. The summed E-state index contributed by atoms with van der Waals surface area (Å²) in [6, 6.07) is 2.96. The molecule has 1 saturated heterocycles. The van der Waals surface area contributed by atoms with Crippen LogP contribution >= 0.6 is 0 Å². The zero-order chi connectivity index (χ0) is 12.4. The molecular formula is C12H16F2N2O. The Labute approximate surface area is 98.7 Å². The van der Waals surface area contributed by atoms with Crippen LogP contribution in [-0.4, -0.2) is 19.2 Å². The van der Waals surface area contributed by atoms with Crippen LogP contribution in [0.15, 0.2) is 18.2 Å². The van der Waals surface area contributed by atoms with Crippen LogP contribution in [0.5, 0.6) is 0 Å². The van der Waals surface area contributed by atoms with Crippen molar-refractivity contribution < 1.29 is 13.5 Å². The summed E-state index contributed by atoms with van der Waals surface area (Å²) >= 11 is 0. The van der Waals surface area contributed by atoms with Crippen LogP contribution in [0.1, 0.15) is 18.1 Å². The van der Waals surface area contributed by atoms with Crippen LogP contribution in [0.2, 0.25) is 0 Å². The van der Waals surface area contributed by atoms with Crippen molar-refractivity contribution in [3.8, 4) is 0 Å². The molecule has 0 radical (unpaired) electrons. The van der Waals surface area contributed by atoms with E-state index in [-0.39, 0.29) is 17.5 Å². The standard InChI is InChI=1S/C12H16F2N2O/c13-8-1-2-10(14)9(4-8)12-11(16)3-7(5-15)6-17-12/h1-2,4,7,11-12H,3,5-6,15-16H2/t7-,11-,12+/m0/s1. The van der Waals surface area contributed by atoms with E-state index in [9.17, 15) is 8.78 Å². The fraction of sp³-hybridized carbons (Fsp3) is 0.500. The first kappa shape index (κ1) is 12.4. The van der Waals surface area contributed by atoms with E-state index in [1.165, 1.54) is 0 Å². The molecule has 94 valence electrons. The van der Waals surface area contributed by atoms with Gasteiger partial charge in [0.15, 0.2) is 0 Å². The predicted octanol–water partition coefficient (Wildman–Crippen LogP) is 1.33. The van der Waals surface area contributed by atoms with Crippen molar-refractivity contribution in [3.05, 3.63) is 35.4 Å². The number of benzene rings is 1. The van der Waals surface area contributed by atoms with E-state index in [4.69, 9.17) is 16.2 Å². The lowest BCUT2D eigenvalue weighted by Gasteiger charge is -2.34. The van der Waals surface area contributed by atoms with Gasteiger partial charge in [-0.1, -0.05) is 0 Å². The maximum Gasteiger partial charge on any atom is 0.129 e. The van der Waals surface area contributed by atoms with Crippen LogP contribution in [0.25, 0.3) is 0 Å². The minimum Gasteiger partial charge on any atom is -0.371 e. The number of rotatable bonds is 2. The molecule has 5 heteroatoms. The second kappa shape index (κ2) is 5.08. The van der Waals surface area contributed by atoms with Gasteiger partial charge in [0.25, 0.3) is 0 Å². The third-order valence-corrected chi connectivity index (χ3v) is 3.10. The molecule has 1 aliphatic heterocycles. The molecule has 1 aromatic carbocycles. The fourth-order valence-electron chi connectivity index (χ4n) is 2.16. The lowest BCUT2D eigenvalue weighted by atomic mass is 9.90. The monoisotopic (exact) mass is 242 g/mol. The smallest absolute Gasteiger partial charge is 0.129 e. The second-order valence-electron chi connectivity index (χ2n) is 4.42. The van der Waals surface area contributed by atoms with Gasteiger partial charge in [0.05, 0.1) is 6.61 Å². The van der Waals surface area contributed by atoms with Gasteiger partial charge in [0, 0.05) is 11.6 Å². The van der Waals surface area contributed by atoms with Crippen LogP contribution in [0.4, 0.5) is 8.78 Å². The minimum absolute atomic E-state index is 0.188. The van der Waals surface area contributed by atoms with E-state index in [1.54, 1.807) is 0 Å². The molecule has 0 bridgehead atoms. The van der Waals surface area contributed by atoms with E-state index >= 15 is 0 Å². The Kier molecular flexibility index (Phi) is 3.71. The number of hydrogen-bond donors (Lipinski definition) is 2. The molecule has 0 aliphatic carbocycles. The molecule has 0 spiro atoms. The van der Waals surface area contributed by atoms with Gasteiger partial charge in [-0.2, -0.15) is 0 Å². The Morgan fingerprint density at radius 2 is 2.12 bits per heavy atom. The molecule has 3 atom stereocenters. The van der Waals surface area contributed by atoms with Crippen LogP contribution in [-0.2, 0) is 4.74 Å². The molecule has 17 heavy (non-hydrogen) atoms. The summed E-state index contributed by atoms with van der Waals surface area (Å²) in [5.41, 5.74) is 11.6. The van der Waals surface area contributed by atoms with Gasteiger partial charge in [0.1, 0.15) is 17.7 Å². The van der Waals surface area contributed by atoms with E-state index in [0.29, 0.717) is 19.6 Å². The zero-order valence-corrected chi connectivity index (χ0v) is 9.40. The highest BCUT2D eigenvalue weighted by Crippen LogP contribution is 2.31. The van der Waals surface area contributed by atoms with Crippen molar-refractivity contribution in [3.63, 3.8) is 0 Å². The largest absolute Gasteiger partial charge is 0.371 e. The summed E-state index contributed by atoms with van der Waals surface area (Å²) in [6.45, 7) is 0.927. The highest BCUT2D eigenvalue weighted by atomic mass is 19.1. The first-order chi connectivity index (χ1) is 8.11. The molecule has 2 rings (SSSR count). The van der Waals surface area contributed by atoms with Gasteiger partial charge in [-0.05, 0) is 37.1 Å². The Morgan fingerprint density at radius 3 is 2.76 bits per heavy atom. The van der Waals surface area contributed by atoms with Crippen molar-refractivity contribution in [2.45, 2.75) is 18.6 Å². The number of nitrogens with two attached hydrogens (primary N) is 2. The Bertz CT molecular complexity index is 400. The van der Waals surface area contributed by atoms with Crippen molar-refractivity contribution in [1.29, 1.82) is 0 Å². The predicted molar refractivity (Wildman–Crippen MR) is 60.2 cm³/mol. The highest BCUT2D eigenvalue weighted by Gasteiger charge is 2.31.